The Kier molecular flexibility index (Phi) is 5.97. The molecule has 2 saturated heterocycles. The fourth-order valence-corrected chi connectivity index (χ4v) is 5.27. The van der Waals surface area contributed by atoms with Crippen molar-refractivity contribution in [1.82, 2.24) is 9.80 Å². The largest absolute Gasteiger partial charge is 0.416 e. The third kappa shape index (κ3) is 4.67. The zero-order chi connectivity index (χ0) is 20.4. The van der Waals surface area contributed by atoms with Crippen LogP contribution in [-0.2, 0) is 6.18 Å². The molecule has 0 aliphatic carbocycles. The minimum atomic E-state index is -4.36. The Hall–Kier alpha value is -1.86. The van der Waals surface area contributed by atoms with E-state index in [1.54, 1.807) is 6.07 Å². The summed E-state index contributed by atoms with van der Waals surface area (Å²) < 4.78 is 39.7. The first kappa shape index (κ1) is 20.4. The van der Waals surface area contributed by atoms with Crippen molar-refractivity contribution >= 4 is 17.2 Å². The van der Waals surface area contributed by atoms with Crippen LogP contribution in [0.2, 0.25) is 0 Å². The highest BCUT2D eigenvalue weighted by Gasteiger charge is 2.39. The summed E-state index contributed by atoms with van der Waals surface area (Å²) in [5, 5.41) is 1.87. The molecule has 0 bridgehead atoms. The highest BCUT2D eigenvalue weighted by atomic mass is 32.1. The molecule has 0 saturated carbocycles. The molecule has 1 amide bonds. The minimum absolute atomic E-state index is 0.0156. The summed E-state index contributed by atoms with van der Waals surface area (Å²) in [6.45, 7) is 3.95. The fourth-order valence-electron chi connectivity index (χ4n) is 4.58. The number of alkyl halides is 3. The van der Waals surface area contributed by atoms with Crippen LogP contribution in [0.3, 0.4) is 0 Å². The van der Waals surface area contributed by atoms with Crippen LogP contribution >= 0.6 is 11.3 Å². The lowest BCUT2D eigenvalue weighted by molar-refractivity contribution is -0.137. The number of nitrogens with zero attached hydrogens (tertiary/aromatic N) is 2. The number of carbonyl (C=O) groups is 1. The second kappa shape index (κ2) is 8.48. The molecule has 2 fully saturated rings. The van der Waals surface area contributed by atoms with Gasteiger partial charge in [0, 0.05) is 25.6 Å². The van der Waals surface area contributed by atoms with E-state index in [0.29, 0.717) is 23.5 Å². The van der Waals surface area contributed by atoms with E-state index in [0.717, 1.165) is 25.7 Å². The summed E-state index contributed by atoms with van der Waals surface area (Å²) in [6, 6.07) is 9.31. The van der Waals surface area contributed by atoms with Crippen LogP contribution in [0.25, 0.3) is 0 Å². The number of amides is 1. The van der Waals surface area contributed by atoms with Gasteiger partial charge in [0.15, 0.2) is 0 Å². The van der Waals surface area contributed by atoms with Crippen LogP contribution < -0.4 is 0 Å². The monoisotopic (exact) mass is 422 g/mol. The Morgan fingerprint density at radius 2 is 1.86 bits per heavy atom. The maximum absolute atomic E-state index is 13.2. The molecular formula is C22H25F3N2OS. The van der Waals surface area contributed by atoms with E-state index in [-0.39, 0.29) is 17.7 Å². The normalized spacial score (nSPS) is 23.5. The maximum Gasteiger partial charge on any atom is 0.416 e. The molecule has 156 valence electrons. The molecule has 0 radical (unpaired) electrons. The minimum Gasteiger partial charge on any atom is -0.337 e. The Balaban J connectivity index is 1.58. The molecule has 4 rings (SSSR count). The smallest absolute Gasteiger partial charge is 0.337 e. The molecule has 1 aromatic heterocycles. The lowest BCUT2D eigenvalue weighted by Gasteiger charge is -2.31. The van der Waals surface area contributed by atoms with Crippen LogP contribution in [0.5, 0.6) is 0 Å². The molecule has 2 aliphatic heterocycles. The van der Waals surface area contributed by atoms with Crippen molar-refractivity contribution in [1.29, 1.82) is 0 Å². The van der Waals surface area contributed by atoms with Crippen molar-refractivity contribution in [3.05, 3.63) is 57.8 Å². The van der Waals surface area contributed by atoms with Gasteiger partial charge in [0.05, 0.1) is 10.4 Å². The third-order valence-corrected chi connectivity index (χ3v) is 6.90. The Morgan fingerprint density at radius 3 is 2.55 bits per heavy atom. The quantitative estimate of drug-likeness (QED) is 0.684. The number of benzene rings is 1. The summed E-state index contributed by atoms with van der Waals surface area (Å²) >= 11 is 1.41. The van der Waals surface area contributed by atoms with Gasteiger partial charge >= 0.3 is 6.18 Å². The average Bonchev–Trinajstić information content (AvgIpc) is 3.38. The number of piperidine rings is 1. The van der Waals surface area contributed by atoms with Gasteiger partial charge in [0.1, 0.15) is 0 Å². The summed E-state index contributed by atoms with van der Waals surface area (Å²) in [4.78, 5) is 17.8. The van der Waals surface area contributed by atoms with E-state index < -0.39 is 11.7 Å². The molecule has 2 aliphatic rings. The average molecular weight is 423 g/mol. The lowest BCUT2D eigenvalue weighted by Crippen LogP contribution is -2.36. The number of carbonyl (C=O) groups excluding carboxylic acids is 1. The van der Waals surface area contributed by atoms with Gasteiger partial charge in [0.25, 0.3) is 5.91 Å². The fraction of sp³-hybridized carbons (Fsp3) is 0.500. The Bertz CT molecular complexity index is 831. The number of likely N-dealkylation sites (tertiary alicyclic amines) is 2. The van der Waals surface area contributed by atoms with Crippen molar-refractivity contribution in [3.63, 3.8) is 0 Å². The molecule has 0 N–H and O–H groups in total. The van der Waals surface area contributed by atoms with Crippen LogP contribution in [-0.4, -0.2) is 48.4 Å². The van der Waals surface area contributed by atoms with E-state index in [2.05, 4.69) is 4.90 Å². The van der Waals surface area contributed by atoms with Crippen molar-refractivity contribution in [2.45, 2.75) is 31.4 Å². The first-order valence-electron chi connectivity index (χ1n) is 10.1. The van der Waals surface area contributed by atoms with E-state index in [4.69, 9.17) is 0 Å². The lowest BCUT2D eigenvalue weighted by atomic mass is 9.87. The van der Waals surface area contributed by atoms with Gasteiger partial charge in [-0.2, -0.15) is 13.2 Å². The second-order valence-corrected chi connectivity index (χ2v) is 8.99. The number of rotatable bonds is 4. The molecule has 0 unspecified atom stereocenters. The number of halogens is 3. The van der Waals surface area contributed by atoms with Gasteiger partial charge in [-0.1, -0.05) is 30.7 Å². The standard InChI is InChI=1S/C22H25F3N2OS/c23-22(24,25)18-7-4-6-16(12-18)19-15-27(21(28)20-8-5-11-29-20)14-17(19)13-26-9-2-1-3-10-26/h4-8,11-12,17,19H,1-3,9-10,13-15H2/t17-,19+/m0/s1. The van der Waals surface area contributed by atoms with Gasteiger partial charge in [-0.05, 0) is 54.9 Å². The predicted octanol–water partition coefficient (Wildman–Crippen LogP) is 5.11. The van der Waals surface area contributed by atoms with Crippen molar-refractivity contribution in [3.8, 4) is 0 Å². The number of hydrogen-bond acceptors (Lipinski definition) is 3. The van der Waals surface area contributed by atoms with Crippen molar-refractivity contribution in [2.75, 3.05) is 32.7 Å². The highest BCUT2D eigenvalue weighted by Crippen LogP contribution is 2.37. The highest BCUT2D eigenvalue weighted by molar-refractivity contribution is 7.12. The van der Waals surface area contributed by atoms with Crippen molar-refractivity contribution in [2.24, 2.45) is 5.92 Å². The molecule has 29 heavy (non-hydrogen) atoms. The van der Waals surface area contributed by atoms with Crippen molar-refractivity contribution < 1.29 is 18.0 Å². The zero-order valence-corrected chi connectivity index (χ0v) is 17.0. The molecule has 1 aromatic carbocycles. The third-order valence-electron chi connectivity index (χ3n) is 6.04. The first-order valence-corrected chi connectivity index (χ1v) is 11.0. The zero-order valence-electron chi connectivity index (χ0n) is 16.2. The molecule has 3 heterocycles. The van der Waals surface area contributed by atoms with E-state index in [9.17, 15) is 18.0 Å². The van der Waals surface area contributed by atoms with Crippen LogP contribution in [0.1, 0.15) is 46.0 Å². The number of thiophene rings is 1. The van der Waals surface area contributed by atoms with E-state index >= 15 is 0 Å². The molecule has 7 heteroatoms. The molecule has 0 spiro atoms. The molecular weight excluding hydrogens is 397 g/mol. The van der Waals surface area contributed by atoms with Gasteiger partial charge < -0.3 is 9.80 Å². The maximum atomic E-state index is 13.2. The van der Waals surface area contributed by atoms with Gasteiger partial charge in [-0.25, -0.2) is 0 Å². The molecule has 3 nitrogen and oxygen atoms in total. The first-order chi connectivity index (χ1) is 13.9. The predicted molar refractivity (Wildman–Crippen MR) is 108 cm³/mol. The molecule has 2 atom stereocenters. The van der Waals surface area contributed by atoms with Crippen LogP contribution in [0.15, 0.2) is 41.8 Å². The van der Waals surface area contributed by atoms with E-state index in [1.807, 2.05) is 22.4 Å². The summed E-state index contributed by atoms with van der Waals surface area (Å²) in [5.41, 5.74) is 0.0677. The van der Waals surface area contributed by atoms with Gasteiger partial charge in [-0.3, -0.25) is 4.79 Å². The van der Waals surface area contributed by atoms with E-state index in [1.165, 1.54) is 42.7 Å². The topological polar surface area (TPSA) is 23.6 Å². The molecule has 2 aromatic rings. The van der Waals surface area contributed by atoms with Crippen LogP contribution in [0.4, 0.5) is 13.2 Å². The second-order valence-electron chi connectivity index (χ2n) is 8.04. The summed E-state index contributed by atoms with van der Waals surface area (Å²) in [6.07, 6.45) is -0.789. The Labute approximate surface area is 173 Å². The van der Waals surface area contributed by atoms with Gasteiger partial charge in [-0.15, -0.1) is 11.3 Å². The van der Waals surface area contributed by atoms with Gasteiger partial charge in [0.2, 0.25) is 0 Å². The van der Waals surface area contributed by atoms with Crippen LogP contribution in [0, 0.1) is 5.92 Å². The summed E-state index contributed by atoms with van der Waals surface area (Å²) in [7, 11) is 0. The SMILES string of the molecule is O=C(c1cccs1)N1C[C@H](CN2CCCCC2)[C@@H](c2cccc(C(F)(F)F)c2)C1. The number of hydrogen-bond donors (Lipinski definition) is 0. The summed E-state index contributed by atoms with van der Waals surface area (Å²) in [5.74, 6) is 0.0433. The Morgan fingerprint density at radius 1 is 1.07 bits per heavy atom.